The Bertz CT molecular complexity index is 628. The lowest BCUT2D eigenvalue weighted by Gasteiger charge is -2.10. The van der Waals surface area contributed by atoms with Gasteiger partial charge in [-0.2, -0.15) is 5.10 Å². The van der Waals surface area contributed by atoms with Crippen molar-refractivity contribution in [1.82, 2.24) is 10.2 Å². The third-order valence-electron chi connectivity index (χ3n) is 2.85. The van der Waals surface area contributed by atoms with Gasteiger partial charge in [0.2, 0.25) is 0 Å². The molecule has 1 aromatic heterocycles. The lowest BCUT2D eigenvalue weighted by molar-refractivity contribution is 0.102. The molecule has 0 radical (unpaired) electrons. The fraction of sp³-hybridized carbons (Fsp3) is 0.154. The zero-order chi connectivity index (χ0) is 14.0. The number of aromatic amines is 1. The Kier molecular flexibility index (Phi) is 3.62. The molecule has 19 heavy (non-hydrogen) atoms. The Hall–Kier alpha value is -2.21. The highest BCUT2D eigenvalue weighted by Crippen LogP contribution is 2.17. The molecule has 1 amide bonds. The molecule has 1 heterocycles. The van der Waals surface area contributed by atoms with Gasteiger partial charge in [-0.15, -0.1) is 0 Å². The van der Waals surface area contributed by atoms with Crippen molar-refractivity contribution in [3.8, 4) is 0 Å². The van der Waals surface area contributed by atoms with Gasteiger partial charge in [-0.1, -0.05) is 30.4 Å². The second-order valence-corrected chi connectivity index (χ2v) is 4.68. The van der Waals surface area contributed by atoms with Gasteiger partial charge in [-0.3, -0.25) is 9.89 Å². The smallest absolute Gasteiger partial charge is 0.257 e. The van der Waals surface area contributed by atoms with E-state index in [1.54, 1.807) is 0 Å². The first-order valence-corrected chi connectivity index (χ1v) is 6.12. The minimum atomic E-state index is -0.211. The molecule has 0 aliphatic rings. The zero-order valence-electron chi connectivity index (χ0n) is 10.7. The second-order valence-electron chi connectivity index (χ2n) is 4.24. The lowest BCUT2D eigenvalue weighted by atomic mass is 10.0. The molecule has 0 aliphatic heterocycles. The third kappa shape index (κ3) is 2.63. The molecule has 0 fully saturated rings. The summed E-state index contributed by atoms with van der Waals surface area (Å²) >= 11 is 4.89. The highest BCUT2D eigenvalue weighted by Gasteiger charge is 2.15. The summed E-state index contributed by atoms with van der Waals surface area (Å²) < 4.78 is 0. The van der Waals surface area contributed by atoms with E-state index < -0.39 is 0 Å². The number of carbonyl (C=O) groups excluding carboxylic acids is 1. The molecule has 0 aliphatic carbocycles. The van der Waals surface area contributed by atoms with Crippen LogP contribution in [0.2, 0.25) is 0 Å². The number of hydrogen-bond donors (Lipinski definition) is 3. The average Bonchev–Trinajstić information content (AvgIpc) is 2.76. The molecule has 0 spiro atoms. The first kappa shape index (κ1) is 13.2. The maximum Gasteiger partial charge on any atom is 0.257 e. The van der Waals surface area contributed by atoms with Crippen molar-refractivity contribution in [2.24, 2.45) is 5.73 Å². The van der Waals surface area contributed by atoms with Crippen molar-refractivity contribution in [2.75, 3.05) is 5.32 Å². The van der Waals surface area contributed by atoms with E-state index >= 15 is 0 Å². The molecule has 5 nitrogen and oxygen atoms in total. The van der Waals surface area contributed by atoms with E-state index in [1.165, 1.54) is 6.20 Å². The molecule has 0 atom stereocenters. The lowest BCUT2D eigenvalue weighted by Crippen LogP contribution is -2.18. The molecule has 98 valence electrons. The van der Waals surface area contributed by atoms with Gasteiger partial charge in [0.15, 0.2) is 0 Å². The Labute approximate surface area is 116 Å². The van der Waals surface area contributed by atoms with Crippen LogP contribution in [0.15, 0.2) is 24.4 Å². The molecule has 0 bridgehead atoms. The summed E-state index contributed by atoms with van der Waals surface area (Å²) in [7, 11) is 0. The van der Waals surface area contributed by atoms with Crippen LogP contribution in [0.1, 0.15) is 27.0 Å². The number of nitrogens with zero attached hydrogens (tertiary/aromatic N) is 1. The number of aryl methyl sites for hydroxylation is 2. The number of nitrogens with one attached hydrogen (secondary N) is 2. The minimum Gasteiger partial charge on any atom is -0.389 e. The Morgan fingerprint density at radius 2 is 2.00 bits per heavy atom. The van der Waals surface area contributed by atoms with E-state index in [-0.39, 0.29) is 10.9 Å². The van der Waals surface area contributed by atoms with Gasteiger partial charge >= 0.3 is 0 Å². The molecule has 0 saturated carbocycles. The molecular weight excluding hydrogens is 260 g/mol. The molecular formula is C13H14N4OS. The van der Waals surface area contributed by atoms with E-state index in [0.29, 0.717) is 16.9 Å². The number of anilines is 1. The first-order chi connectivity index (χ1) is 9.00. The largest absolute Gasteiger partial charge is 0.389 e. The quantitative estimate of drug-likeness (QED) is 0.747. The van der Waals surface area contributed by atoms with Crippen molar-refractivity contribution in [2.45, 2.75) is 13.8 Å². The van der Waals surface area contributed by atoms with Crippen LogP contribution in [0.4, 0.5) is 5.82 Å². The summed E-state index contributed by atoms with van der Waals surface area (Å²) in [6, 6.07) is 5.70. The van der Waals surface area contributed by atoms with Crippen LogP contribution < -0.4 is 11.1 Å². The van der Waals surface area contributed by atoms with E-state index in [0.717, 1.165) is 11.1 Å². The summed E-state index contributed by atoms with van der Waals surface area (Å²) in [5.41, 5.74) is 8.54. The standard InChI is InChI=1S/C13H14N4OS/c1-7-4-3-5-8(2)10(7)13(18)16-12-9(11(14)19)6-15-17-12/h3-6H,1-2H3,(H2,14,19)(H2,15,16,17,18). The zero-order valence-corrected chi connectivity index (χ0v) is 11.5. The van der Waals surface area contributed by atoms with Gasteiger partial charge in [-0.05, 0) is 25.0 Å². The maximum absolute atomic E-state index is 12.3. The average molecular weight is 274 g/mol. The number of amides is 1. The minimum absolute atomic E-state index is 0.186. The van der Waals surface area contributed by atoms with E-state index in [2.05, 4.69) is 15.5 Å². The highest BCUT2D eigenvalue weighted by atomic mass is 32.1. The van der Waals surface area contributed by atoms with Gasteiger partial charge in [0.1, 0.15) is 10.8 Å². The van der Waals surface area contributed by atoms with Crippen LogP contribution in [0, 0.1) is 13.8 Å². The predicted molar refractivity (Wildman–Crippen MR) is 78.3 cm³/mol. The van der Waals surface area contributed by atoms with Crippen LogP contribution in [-0.4, -0.2) is 21.1 Å². The molecule has 2 aromatic rings. The van der Waals surface area contributed by atoms with Crippen LogP contribution >= 0.6 is 12.2 Å². The van der Waals surface area contributed by atoms with Gasteiger partial charge in [0.05, 0.1) is 11.8 Å². The number of benzene rings is 1. The Morgan fingerprint density at radius 1 is 1.37 bits per heavy atom. The van der Waals surface area contributed by atoms with Crippen molar-refractivity contribution in [3.05, 3.63) is 46.6 Å². The van der Waals surface area contributed by atoms with Crippen LogP contribution in [0.3, 0.4) is 0 Å². The SMILES string of the molecule is Cc1cccc(C)c1C(=O)Nc1[nH]ncc1C(N)=S. The summed E-state index contributed by atoms with van der Waals surface area (Å²) in [4.78, 5) is 12.5. The first-order valence-electron chi connectivity index (χ1n) is 5.71. The fourth-order valence-electron chi connectivity index (χ4n) is 1.92. The molecule has 1 aromatic carbocycles. The normalized spacial score (nSPS) is 10.2. The Morgan fingerprint density at radius 3 is 2.58 bits per heavy atom. The van der Waals surface area contributed by atoms with E-state index in [4.69, 9.17) is 18.0 Å². The molecule has 6 heteroatoms. The number of rotatable bonds is 3. The van der Waals surface area contributed by atoms with Gasteiger partial charge in [0.25, 0.3) is 5.91 Å². The molecule has 4 N–H and O–H groups in total. The van der Waals surface area contributed by atoms with Crippen molar-refractivity contribution >= 4 is 28.9 Å². The molecule has 0 unspecified atom stereocenters. The molecule has 0 saturated heterocycles. The summed E-state index contributed by atoms with van der Waals surface area (Å²) in [5, 5.41) is 9.25. The number of nitrogens with two attached hydrogens (primary N) is 1. The third-order valence-corrected chi connectivity index (χ3v) is 3.07. The summed E-state index contributed by atoms with van der Waals surface area (Å²) in [6.07, 6.45) is 1.49. The number of thiocarbonyl (C=S) groups is 1. The predicted octanol–water partition coefficient (Wildman–Crippen LogP) is 1.91. The summed E-state index contributed by atoms with van der Waals surface area (Å²) in [6.45, 7) is 3.78. The monoisotopic (exact) mass is 274 g/mol. The van der Waals surface area contributed by atoms with Gasteiger partial charge in [0, 0.05) is 5.56 Å². The summed E-state index contributed by atoms with van der Waals surface area (Å²) in [5.74, 6) is 0.206. The van der Waals surface area contributed by atoms with E-state index in [1.807, 2.05) is 32.0 Å². The van der Waals surface area contributed by atoms with Crippen molar-refractivity contribution in [3.63, 3.8) is 0 Å². The van der Waals surface area contributed by atoms with Crippen molar-refractivity contribution < 1.29 is 4.79 Å². The number of hydrogen-bond acceptors (Lipinski definition) is 3. The number of carbonyl (C=O) groups is 1. The maximum atomic E-state index is 12.3. The van der Waals surface area contributed by atoms with Gasteiger partial charge in [-0.25, -0.2) is 0 Å². The van der Waals surface area contributed by atoms with Crippen LogP contribution in [0.5, 0.6) is 0 Å². The van der Waals surface area contributed by atoms with Crippen LogP contribution in [0.25, 0.3) is 0 Å². The van der Waals surface area contributed by atoms with Gasteiger partial charge < -0.3 is 11.1 Å². The van der Waals surface area contributed by atoms with E-state index in [9.17, 15) is 4.79 Å². The Balaban J connectivity index is 2.31. The molecule has 2 rings (SSSR count). The van der Waals surface area contributed by atoms with Crippen LogP contribution in [-0.2, 0) is 0 Å². The number of aromatic nitrogens is 2. The topological polar surface area (TPSA) is 83.8 Å². The fourth-order valence-corrected chi connectivity index (χ4v) is 2.07. The van der Waals surface area contributed by atoms with Crippen molar-refractivity contribution in [1.29, 1.82) is 0 Å². The number of H-pyrrole nitrogens is 1. The highest BCUT2D eigenvalue weighted by molar-refractivity contribution is 7.80. The second kappa shape index (κ2) is 5.19.